The fourth-order valence-electron chi connectivity index (χ4n) is 4.07. The molecule has 3 aromatic carbocycles. The minimum Gasteiger partial charge on any atom is -0.372 e. The zero-order valence-electron chi connectivity index (χ0n) is 19.4. The largest absolute Gasteiger partial charge is 0.372 e. The highest BCUT2D eigenvalue weighted by Crippen LogP contribution is 2.30. The lowest BCUT2D eigenvalue weighted by Crippen LogP contribution is -2.38. The van der Waals surface area contributed by atoms with Crippen LogP contribution in [-0.4, -0.2) is 34.0 Å². The molecule has 1 aliphatic heterocycles. The number of rotatable bonds is 7. The number of carbonyl (C=O) groups is 1. The second kappa shape index (κ2) is 10.9. The average molecular weight is 532 g/mol. The lowest BCUT2D eigenvalue weighted by Gasteiger charge is -2.29. The number of amides is 1. The third-order valence-corrected chi connectivity index (χ3v) is 8.13. The Labute approximate surface area is 216 Å². The number of sulfonamides is 1. The minimum absolute atomic E-state index is 0.0675. The summed E-state index contributed by atoms with van der Waals surface area (Å²) in [6.07, 6.45) is 3.61. The van der Waals surface area contributed by atoms with Crippen LogP contribution in [0.3, 0.4) is 0 Å². The van der Waals surface area contributed by atoms with Crippen LogP contribution in [0.2, 0.25) is 10.0 Å². The van der Waals surface area contributed by atoms with Gasteiger partial charge in [-0.25, -0.2) is 8.42 Å². The van der Waals surface area contributed by atoms with E-state index in [0.717, 1.165) is 28.6 Å². The molecule has 1 heterocycles. The Morgan fingerprint density at radius 3 is 2.11 bits per heavy atom. The third kappa shape index (κ3) is 6.28. The van der Waals surface area contributed by atoms with Gasteiger partial charge in [0.05, 0.1) is 10.6 Å². The van der Waals surface area contributed by atoms with Crippen molar-refractivity contribution in [2.45, 2.75) is 31.1 Å². The number of piperidine rings is 1. The number of carbonyl (C=O) groups excluding carboxylic acids is 1. The summed E-state index contributed by atoms with van der Waals surface area (Å²) in [7, 11) is -4.06. The molecule has 1 saturated heterocycles. The second-order valence-electron chi connectivity index (χ2n) is 8.60. The number of nitrogens with zero attached hydrogens (tertiary/aromatic N) is 2. The van der Waals surface area contributed by atoms with Crippen LogP contribution in [0.25, 0.3) is 0 Å². The number of benzene rings is 3. The van der Waals surface area contributed by atoms with Crippen LogP contribution in [0.5, 0.6) is 0 Å². The summed E-state index contributed by atoms with van der Waals surface area (Å²) in [6, 6.07) is 18.5. The van der Waals surface area contributed by atoms with E-state index in [9.17, 15) is 13.2 Å². The van der Waals surface area contributed by atoms with Crippen LogP contribution in [0, 0.1) is 6.92 Å². The quantitative estimate of drug-likeness (QED) is 0.398. The van der Waals surface area contributed by atoms with E-state index < -0.39 is 22.5 Å². The highest BCUT2D eigenvalue weighted by Gasteiger charge is 2.28. The number of hydrogen-bond acceptors (Lipinski definition) is 4. The molecule has 1 amide bonds. The number of anilines is 3. The standard InChI is InChI=1S/C26H27Cl2N3O3S/c1-19-5-11-25(12-6-19)35(33,34)31(24-16-20(27)15-21(28)17-24)18-26(32)29-22-7-9-23(10-8-22)30-13-3-2-4-14-30/h5-12,15-17H,2-4,13-14,18H2,1H3,(H,29,32). The zero-order valence-corrected chi connectivity index (χ0v) is 21.7. The van der Waals surface area contributed by atoms with Crippen molar-refractivity contribution in [3.05, 3.63) is 82.3 Å². The van der Waals surface area contributed by atoms with Gasteiger partial charge < -0.3 is 10.2 Å². The van der Waals surface area contributed by atoms with Gasteiger partial charge in [0.2, 0.25) is 5.91 Å². The van der Waals surface area contributed by atoms with Gasteiger partial charge in [-0.3, -0.25) is 9.10 Å². The van der Waals surface area contributed by atoms with Crippen LogP contribution in [0.1, 0.15) is 24.8 Å². The van der Waals surface area contributed by atoms with Crippen LogP contribution in [-0.2, 0) is 14.8 Å². The maximum atomic E-state index is 13.5. The van der Waals surface area contributed by atoms with Crippen molar-refractivity contribution >= 4 is 56.2 Å². The molecule has 0 aliphatic carbocycles. The lowest BCUT2D eigenvalue weighted by molar-refractivity contribution is -0.114. The van der Waals surface area contributed by atoms with E-state index in [1.165, 1.54) is 49.6 Å². The van der Waals surface area contributed by atoms with E-state index >= 15 is 0 Å². The van der Waals surface area contributed by atoms with Crippen molar-refractivity contribution in [2.24, 2.45) is 0 Å². The van der Waals surface area contributed by atoms with Crippen molar-refractivity contribution in [1.29, 1.82) is 0 Å². The minimum atomic E-state index is -4.06. The summed E-state index contributed by atoms with van der Waals surface area (Å²) < 4.78 is 28.1. The van der Waals surface area contributed by atoms with Crippen LogP contribution in [0.4, 0.5) is 17.1 Å². The first kappa shape index (κ1) is 25.4. The Morgan fingerprint density at radius 1 is 0.914 bits per heavy atom. The van der Waals surface area contributed by atoms with Crippen molar-refractivity contribution in [3.63, 3.8) is 0 Å². The van der Waals surface area contributed by atoms with Crippen molar-refractivity contribution in [1.82, 2.24) is 0 Å². The number of halogens is 2. The molecule has 1 aliphatic rings. The first-order valence-electron chi connectivity index (χ1n) is 11.4. The van der Waals surface area contributed by atoms with Gasteiger partial charge in [-0.05, 0) is 80.8 Å². The lowest BCUT2D eigenvalue weighted by atomic mass is 10.1. The molecule has 0 aromatic heterocycles. The summed E-state index contributed by atoms with van der Waals surface area (Å²) in [4.78, 5) is 15.4. The highest BCUT2D eigenvalue weighted by molar-refractivity contribution is 7.92. The van der Waals surface area contributed by atoms with Crippen molar-refractivity contribution < 1.29 is 13.2 Å². The number of aryl methyl sites for hydroxylation is 1. The highest BCUT2D eigenvalue weighted by atomic mass is 35.5. The van der Waals surface area contributed by atoms with E-state index in [-0.39, 0.29) is 20.6 Å². The van der Waals surface area contributed by atoms with Gasteiger partial charge in [-0.15, -0.1) is 0 Å². The van der Waals surface area contributed by atoms with Gasteiger partial charge in [-0.2, -0.15) is 0 Å². The summed E-state index contributed by atoms with van der Waals surface area (Å²) in [5.74, 6) is -0.484. The topological polar surface area (TPSA) is 69.7 Å². The third-order valence-electron chi connectivity index (χ3n) is 5.90. The number of nitrogens with one attached hydrogen (secondary N) is 1. The molecule has 0 unspecified atom stereocenters. The van der Waals surface area contributed by atoms with Gasteiger partial charge in [0.1, 0.15) is 6.54 Å². The smallest absolute Gasteiger partial charge is 0.264 e. The Morgan fingerprint density at radius 2 is 1.51 bits per heavy atom. The van der Waals surface area contributed by atoms with Crippen LogP contribution >= 0.6 is 23.2 Å². The first-order valence-corrected chi connectivity index (χ1v) is 13.6. The Balaban J connectivity index is 1.57. The summed E-state index contributed by atoms with van der Waals surface area (Å²) in [5.41, 5.74) is 2.83. The molecule has 1 N–H and O–H groups in total. The van der Waals surface area contributed by atoms with Gasteiger partial charge in [0.25, 0.3) is 10.0 Å². The monoisotopic (exact) mass is 531 g/mol. The van der Waals surface area contributed by atoms with E-state index in [0.29, 0.717) is 5.69 Å². The van der Waals surface area contributed by atoms with Gasteiger partial charge in [0, 0.05) is 34.5 Å². The average Bonchev–Trinajstić information content (AvgIpc) is 2.83. The molecule has 184 valence electrons. The van der Waals surface area contributed by atoms with E-state index in [1.807, 2.05) is 31.2 Å². The molecule has 1 fully saturated rings. The van der Waals surface area contributed by atoms with Gasteiger partial charge in [0.15, 0.2) is 0 Å². The summed E-state index contributed by atoms with van der Waals surface area (Å²) >= 11 is 12.3. The first-order chi connectivity index (χ1) is 16.7. The molecule has 0 bridgehead atoms. The molecular formula is C26H27Cl2N3O3S. The Kier molecular flexibility index (Phi) is 7.89. The van der Waals surface area contributed by atoms with Crippen molar-refractivity contribution in [2.75, 3.05) is 34.2 Å². The maximum Gasteiger partial charge on any atom is 0.264 e. The van der Waals surface area contributed by atoms with E-state index in [2.05, 4.69) is 10.2 Å². The van der Waals surface area contributed by atoms with E-state index in [1.54, 1.807) is 12.1 Å². The molecule has 0 saturated carbocycles. The molecule has 0 spiro atoms. The van der Waals surface area contributed by atoms with Crippen LogP contribution < -0.4 is 14.5 Å². The SMILES string of the molecule is Cc1ccc(S(=O)(=O)N(CC(=O)Nc2ccc(N3CCCCC3)cc2)c2cc(Cl)cc(Cl)c2)cc1. The van der Waals surface area contributed by atoms with Gasteiger partial charge in [-0.1, -0.05) is 40.9 Å². The molecule has 6 nitrogen and oxygen atoms in total. The molecule has 0 atom stereocenters. The Hall–Kier alpha value is -2.74. The fourth-order valence-corrected chi connectivity index (χ4v) is 5.99. The van der Waals surface area contributed by atoms with Gasteiger partial charge >= 0.3 is 0 Å². The predicted octanol–water partition coefficient (Wildman–Crippen LogP) is 6.13. The summed E-state index contributed by atoms with van der Waals surface area (Å²) in [5, 5.41) is 3.34. The molecular weight excluding hydrogens is 505 g/mol. The normalized spacial score (nSPS) is 14.0. The fraction of sp³-hybridized carbons (Fsp3) is 0.269. The van der Waals surface area contributed by atoms with Crippen molar-refractivity contribution in [3.8, 4) is 0 Å². The molecule has 35 heavy (non-hydrogen) atoms. The molecule has 9 heteroatoms. The van der Waals surface area contributed by atoms with Crippen LogP contribution in [0.15, 0.2) is 71.6 Å². The molecule has 4 rings (SSSR count). The Bertz CT molecular complexity index is 1270. The zero-order chi connectivity index (χ0) is 25.0. The van der Waals surface area contributed by atoms with E-state index in [4.69, 9.17) is 23.2 Å². The maximum absolute atomic E-state index is 13.5. The molecule has 3 aromatic rings. The second-order valence-corrected chi connectivity index (χ2v) is 11.3. The summed E-state index contributed by atoms with van der Waals surface area (Å²) in [6.45, 7) is 3.48. The number of hydrogen-bond donors (Lipinski definition) is 1. The molecule has 0 radical (unpaired) electrons. The predicted molar refractivity (Wildman–Crippen MR) is 143 cm³/mol.